The molecule has 0 unspecified atom stereocenters. The molecule has 0 aliphatic heterocycles. The van der Waals surface area contributed by atoms with Crippen LogP contribution in [0.4, 0.5) is 5.69 Å². The van der Waals surface area contributed by atoms with Gasteiger partial charge < -0.3 is 24.2 Å². The van der Waals surface area contributed by atoms with Gasteiger partial charge in [0.05, 0.1) is 29.8 Å². The highest BCUT2D eigenvalue weighted by atomic mass is 16.5. The van der Waals surface area contributed by atoms with Crippen LogP contribution in [0.15, 0.2) is 69.9 Å². The molecule has 0 fully saturated rings. The molecule has 28 heavy (non-hydrogen) atoms. The van der Waals surface area contributed by atoms with Crippen LogP contribution in [-0.4, -0.2) is 24.4 Å². The molecule has 144 valence electrons. The van der Waals surface area contributed by atoms with E-state index < -0.39 is 24.4 Å². The van der Waals surface area contributed by atoms with Crippen molar-refractivity contribution in [2.75, 3.05) is 11.9 Å². The fourth-order valence-electron chi connectivity index (χ4n) is 2.46. The van der Waals surface area contributed by atoms with Gasteiger partial charge in [0.1, 0.15) is 5.76 Å². The molecule has 0 saturated heterocycles. The Bertz CT molecular complexity index is 947. The van der Waals surface area contributed by atoms with Gasteiger partial charge in [0.2, 0.25) is 0 Å². The molecule has 2 N–H and O–H groups in total. The van der Waals surface area contributed by atoms with Gasteiger partial charge in [0, 0.05) is 0 Å². The summed E-state index contributed by atoms with van der Waals surface area (Å²) in [6.07, 6.45) is 2.88. The van der Waals surface area contributed by atoms with Crippen LogP contribution in [0.3, 0.4) is 0 Å². The molecular weight excluding hydrogens is 364 g/mol. The zero-order valence-corrected chi connectivity index (χ0v) is 15.0. The third-order valence-corrected chi connectivity index (χ3v) is 3.82. The van der Waals surface area contributed by atoms with Gasteiger partial charge in [-0.1, -0.05) is 12.1 Å². The summed E-state index contributed by atoms with van der Waals surface area (Å²) in [5.41, 5.74) is 0.368. The van der Waals surface area contributed by atoms with E-state index in [1.165, 1.54) is 24.7 Å². The molecule has 0 aliphatic rings. The number of furan rings is 2. The lowest BCUT2D eigenvalue weighted by atomic mass is 10.1. The number of carbonyl (C=O) groups excluding carboxylic acids is 3. The van der Waals surface area contributed by atoms with E-state index in [1.807, 2.05) is 0 Å². The average molecular weight is 382 g/mol. The number of para-hydroxylation sites is 1. The van der Waals surface area contributed by atoms with Crippen molar-refractivity contribution in [3.8, 4) is 0 Å². The molecule has 3 rings (SSSR count). The summed E-state index contributed by atoms with van der Waals surface area (Å²) in [4.78, 5) is 36.5. The van der Waals surface area contributed by atoms with E-state index in [9.17, 15) is 14.4 Å². The molecule has 0 radical (unpaired) electrons. The van der Waals surface area contributed by atoms with Gasteiger partial charge in [-0.3, -0.25) is 9.59 Å². The van der Waals surface area contributed by atoms with E-state index in [4.69, 9.17) is 13.6 Å². The Morgan fingerprint density at radius 2 is 1.75 bits per heavy atom. The first kappa shape index (κ1) is 19.0. The van der Waals surface area contributed by atoms with Crippen LogP contribution in [0.2, 0.25) is 0 Å². The molecule has 0 aliphatic carbocycles. The summed E-state index contributed by atoms with van der Waals surface area (Å²) in [5.74, 6) is -1.03. The number of esters is 1. The highest BCUT2D eigenvalue weighted by molar-refractivity contribution is 6.06. The Balaban J connectivity index is 1.58. The highest BCUT2D eigenvalue weighted by Gasteiger charge is 2.18. The van der Waals surface area contributed by atoms with Crippen molar-refractivity contribution in [1.82, 2.24) is 5.32 Å². The molecule has 0 bridgehead atoms. The number of ether oxygens (including phenoxy) is 1. The normalized spacial score (nSPS) is 11.5. The van der Waals surface area contributed by atoms with Crippen molar-refractivity contribution in [3.05, 3.63) is 78.1 Å². The van der Waals surface area contributed by atoms with E-state index in [-0.39, 0.29) is 23.1 Å². The van der Waals surface area contributed by atoms with Gasteiger partial charge in [-0.2, -0.15) is 0 Å². The minimum atomic E-state index is -0.740. The largest absolute Gasteiger partial charge is 0.467 e. The van der Waals surface area contributed by atoms with E-state index in [0.717, 1.165) is 0 Å². The Labute approximate surface area is 160 Å². The quantitative estimate of drug-likeness (QED) is 0.607. The van der Waals surface area contributed by atoms with Gasteiger partial charge in [0.25, 0.3) is 11.8 Å². The standard InChI is InChI=1S/C20H18N2O6/c1-13(16-8-4-10-26-16)21-18(23)12-28-20(25)14-6-2-3-7-15(14)22-19(24)17-9-5-11-27-17/h2-11,13H,12H2,1H3,(H,21,23)(H,22,24)/t13-/m1/s1. The van der Waals surface area contributed by atoms with E-state index in [1.54, 1.807) is 43.3 Å². The molecule has 0 spiro atoms. The summed E-state index contributed by atoms with van der Waals surface area (Å²) >= 11 is 0. The van der Waals surface area contributed by atoms with Crippen molar-refractivity contribution in [2.45, 2.75) is 13.0 Å². The zero-order valence-electron chi connectivity index (χ0n) is 15.0. The van der Waals surface area contributed by atoms with Gasteiger partial charge in [0.15, 0.2) is 12.4 Å². The molecule has 2 amide bonds. The summed E-state index contributed by atoms with van der Waals surface area (Å²) in [6, 6.07) is 12.5. The Kier molecular flexibility index (Phi) is 5.91. The summed E-state index contributed by atoms with van der Waals surface area (Å²) in [7, 11) is 0. The molecular formula is C20H18N2O6. The van der Waals surface area contributed by atoms with Crippen LogP contribution in [-0.2, 0) is 9.53 Å². The van der Waals surface area contributed by atoms with Crippen LogP contribution in [0, 0.1) is 0 Å². The predicted molar refractivity (Wildman–Crippen MR) is 98.7 cm³/mol. The molecule has 0 saturated carbocycles. The average Bonchev–Trinajstić information content (AvgIpc) is 3.40. The fourth-order valence-corrected chi connectivity index (χ4v) is 2.46. The van der Waals surface area contributed by atoms with E-state index >= 15 is 0 Å². The molecule has 1 aromatic carbocycles. The van der Waals surface area contributed by atoms with E-state index in [2.05, 4.69) is 10.6 Å². The SMILES string of the molecule is C[C@@H](NC(=O)COC(=O)c1ccccc1NC(=O)c1ccco1)c1ccco1. The second kappa shape index (κ2) is 8.72. The van der Waals surface area contributed by atoms with Crippen molar-refractivity contribution in [3.63, 3.8) is 0 Å². The monoisotopic (exact) mass is 382 g/mol. The van der Waals surface area contributed by atoms with Crippen molar-refractivity contribution in [2.24, 2.45) is 0 Å². The second-order valence-corrected chi connectivity index (χ2v) is 5.86. The van der Waals surface area contributed by atoms with Gasteiger partial charge in [-0.05, 0) is 43.3 Å². The Hall–Kier alpha value is -3.81. The van der Waals surface area contributed by atoms with Crippen LogP contribution < -0.4 is 10.6 Å². The topological polar surface area (TPSA) is 111 Å². The number of carbonyl (C=O) groups is 3. The Morgan fingerprint density at radius 1 is 1.00 bits per heavy atom. The molecule has 2 heterocycles. The number of hydrogen-bond acceptors (Lipinski definition) is 6. The number of anilines is 1. The minimum absolute atomic E-state index is 0.106. The molecule has 1 atom stereocenters. The third kappa shape index (κ3) is 4.67. The third-order valence-electron chi connectivity index (χ3n) is 3.82. The van der Waals surface area contributed by atoms with Crippen LogP contribution in [0.5, 0.6) is 0 Å². The van der Waals surface area contributed by atoms with Gasteiger partial charge in [-0.15, -0.1) is 0 Å². The predicted octanol–water partition coefficient (Wildman–Crippen LogP) is 3.16. The van der Waals surface area contributed by atoms with Crippen LogP contribution >= 0.6 is 0 Å². The van der Waals surface area contributed by atoms with Crippen LogP contribution in [0.25, 0.3) is 0 Å². The van der Waals surface area contributed by atoms with Gasteiger partial charge in [-0.25, -0.2) is 4.79 Å². The maximum absolute atomic E-state index is 12.4. The maximum Gasteiger partial charge on any atom is 0.340 e. The first-order chi connectivity index (χ1) is 13.5. The lowest BCUT2D eigenvalue weighted by Gasteiger charge is -2.13. The minimum Gasteiger partial charge on any atom is -0.467 e. The number of nitrogens with one attached hydrogen (secondary N) is 2. The smallest absolute Gasteiger partial charge is 0.340 e. The van der Waals surface area contributed by atoms with Gasteiger partial charge >= 0.3 is 5.97 Å². The first-order valence-corrected chi connectivity index (χ1v) is 8.48. The lowest BCUT2D eigenvalue weighted by molar-refractivity contribution is -0.125. The number of rotatable bonds is 7. The van der Waals surface area contributed by atoms with Crippen molar-refractivity contribution in [1.29, 1.82) is 0 Å². The van der Waals surface area contributed by atoms with Crippen molar-refractivity contribution >= 4 is 23.5 Å². The molecule has 3 aromatic rings. The lowest BCUT2D eigenvalue weighted by Crippen LogP contribution is -2.31. The molecule has 8 heteroatoms. The summed E-state index contributed by atoms with van der Waals surface area (Å²) in [5, 5.41) is 5.25. The summed E-state index contributed by atoms with van der Waals surface area (Å²) < 4.78 is 15.3. The summed E-state index contributed by atoms with van der Waals surface area (Å²) in [6.45, 7) is 1.28. The number of amides is 2. The highest BCUT2D eigenvalue weighted by Crippen LogP contribution is 2.18. The van der Waals surface area contributed by atoms with Crippen LogP contribution in [0.1, 0.15) is 39.6 Å². The zero-order chi connectivity index (χ0) is 19.9. The molecule has 2 aromatic heterocycles. The fraction of sp³-hybridized carbons (Fsp3) is 0.150. The maximum atomic E-state index is 12.4. The molecule has 8 nitrogen and oxygen atoms in total. The Morgan fingerprint density at radius 3 is 2.46 bits per heavy atom. The number of benzene rings is 1. The second-order valence-electron chi connectivity index (χ2n) is 5.86. The first-order valence-electron chi connectivity index (χ1n) is 8.48. The van der Waals surface area contributed by atoms with E-state index in [0.29, 0.717) is 5.76 Å². The number of hydrogen-bond donors (Lipinski definition) is 2. The van der Waals surface area contributed by atoms with Crippen molar-refractivity contribution < 1.29 is 28.0 Å².